The molecule has 4 heterocycles. The van der Waals surface area contributed by atoms with Gasteiger partial charge in [-0.25, -0.2) is 0 Å². The largest absolute Gasteiger partial charge is 0.354 e. The van der Waals surface area contributed by atoms with Crippen LogP contribution in [0.25, 0.3) is 22.2 Å². The van der Waals surface area contributed by atoms with Crippen LogP contribution in [0.1, 0.15) is 42.5 Å². The van der Waals surface area contributed by atoms with E-state index in [-0.39, 0.29) is 5.92 Å². The molecule has 0 radical (unpaired) electrons. The summed E-state index contributed by atoms with van der Waals surface area (Å²) in [6, 6.07) is 11.1. The zero-order valence-corrected chi connectivity index (χ0v) is 17.9. The third-order valence-corrected chi connectivity index (χ3v) is 6.88. The van der Waals surface area contributed by atoms with Crippen molar-refractivity contribution >= 4 is 16.8 Å². The standard InChI is InChI=1S/C25H30N4O/c1-3-21-22-13-18(17-7-10-29(11-8-17)25(30)20-14-26-15-20)4-5-23(22)28-24(21)19-6-9-27-16(2)12-19/h4-6,9,12-13,17,20,26,28H,3,7-8,10-11,14-15H2,1-2H3. The van der Waals surface area contributed by atoms with Crippen molar-refractivity contribution in [1.29, 1.82) is 0 Å². The number of carbonyl (C=O) groups excluding carboxylic acids is 1. The van der Waals surface area contributed by atoms with E-state index in [1.807, 2.05) is 13.1 Å². The zero-order valence-electron chi connectivity index (χ0n) is 17.9. The summed E-state index contributed by atoms with van der Waals surface area (Å²) in [4.78, 5) is 22.6. The summed E-state index contributed by atoms with van der Waals surface area (Å²) >= 11 is 0. The second kappa shape index (κ2) is 7.88. The Hall–Kier alpha value is -2.66. The SMILES string of the molecule is CCc1c(-c2ccnc(C)c2)[nH]c2ccc(C3CCN(C(=O)C4CNC4)CC3)cc12. The van der Waals surface area contributed by atoms with E-state index in [9.17, 15) is 4.79 Å². The van der Waals surface area contributed by atoms with Gasteiger partial charge in [-0.05, 0) is 67.5 Å². The molecule has 1 amide bonds. The van der Waals surface area contributed by atoms with Gasteiger partial charge in [-0.3, -0.25) is 9.78 Å². The molecule has 0 unspecified atom stereocenters. The summed E-state index contributed by atoms with van der Waals surface area (Å²) in [5.74, 6) is 1.09. The first kappa shape index (κ1) is 19.3. The van der Waals surface area contributed by atoms with Crippen LogP contribution >= 0.6 is 0 Å². The number of rotatable bonds is 4. The molecular formula is C25H30N4O. The number of likely N-dealkylation sites (tertiary alicyclic amines) is 1. The molecule has 2 fully saturated rings. The number of nitrogens with zero attached hydrogens (tertiary/aromatic N) is 2. The predicted octanol–water partition coefficient (Wildman–Crippen LogP) is 4.03. The van der Waals surface area contributed by atoms with E-state index in [0.29, 0.717) is 11.8 Å². The smallest absolute Gasteiger partial charge is 0.228 e. The number of H-pyrrole nitrogens is 1. The summed E-state index contributed by atoms with van der Waals surface area (Å²) in [7, 11) is 0. The third-order valence-electron chi connectivity index (χ3n) is 6.88. The van der Waals surface area contributed by atoms with Crippen LogP contribution in [0, 0.1) is 12.8 Å². The molecule has 2 saturated heterocycles. The molecule has 3 aromatic rings. The number of benzene rings is 1. The second-order valence-electron chi connectivity index (χ2n) is 8.78. The summed E-state index contributed by atoms with van der Waals surface area (Å²) in [6.07, 6.45) is 4.98. The number of hydrogen-bond acceptors (Lipinski definition) is 3. The van der Waals surface area contributed by atoms with Crippen molar-refractivity contribution in [2.75, 3.05) is 26.2 Å². The van der Waals surface area contributed by atoms with Crippen molar-refractivity contribution in [3.63, 3.8) is 0 Å². The van der Waals surface area contributed by atoms with E-state index in [0.717, 1.165) is 51.1 Å². The molecule has 0 bridgehead atoms. The Bertz CT molecular complexity index is 1070. The van der Waals surface area contributed by atoms with Gasteiger partial charge in [0, 0.05) is 60.2 Å². The molecule has 0 aliphatic carbocycles. The molecular weight excluding hydrogens is 372 g/mol. The number of aryl methyl sites for hydroxylation is 2. The molecule has 5 heteroatoms. The molecule has 2 aliphatic heterocycles. The first-order valence-electron chi connectivity index (χ1n) is 11.2. The summed E-state index contributed by atoms with van der Waals surface area (Å²) in [5, 5.41) is 4.54. The fourth-order valence-corrected chi connectivity index (χ4v) is 4.99. The topological polar surface area (TPSA) is 61.0 Å². The molecule has 0 saturated carbocycles. The van der Waals surface area contributed by atoms with E-state index in [1.54, 1.807) is 0 Å². The van der Waals surface area contributed by atoms with Crippen LogP contribution in [0.2, 0.25) is 0 Å². The molecule has 2 N–H and O–H groups in total. The van der Waals surface area contributed by atoms with E-state index < -0.39 is 0 Å². The highest BCUT2D eigenvalue weighted by Crippen LogP contribution is 2.35. The average molecular weight is 403 g/mol. The number of amides is 1. The molecule has 156 valence electrons. The van der Waals surface area contributed by atoms with Gasteiger partial charge < -0.3 is 15.2 Å². The monoisotopic (exact) mass is 402 g/mol. The Morgan fingerprint density at radius 3 is 2.63 bits per heavy atom. The van der Waals surface area contributed by atoms with Gasteiger partial charge >= 0.3 is 0 Å². The minimum absolute atomic E-state index is 0.208. The van der Waals surface area contributed by atoms with Crippen molar-refractivity contribution in [2.24, 2.45) is 5.92 Å². The first-order chi connectivity index (χ1) is 14.6. The van der Waals surface area contributed by atoms with Crippen LogP contribution in [-0.4, -0.2) is 47.0 Å². The van der Waals surface area contributed by atoms with Gasteiger partial charge in [-0.15, -0.1) is 0 Å². The van der Waals surface area contributed by atoms with Crippen LogP contribution in [0.5, 0.6) is 0 Å². The molecule has 0 spiro atoms. The van der Waals surface area contributed by atoms with Crippen LogP contribution in [0.15, 0.2) is 36.5 Å². The Morgan fingerprint density at radius 2 is 1.97 bits per heavy atom. The van der Waals surface area contributed by atoms with E-state index in [4.69, 9.17) is 0 Å². The summed E-state index contributed by atoms with van der Waals surface area (Å²) in [5.41, 5.74) is 7.44. The van der Waals surface area contributed by atoms with Crippen LogP contribution in [-0.2, 0) is 11.2 Å². The van der Waals surface area contributed by atoms with Crippen molar-refractivity contribution in [3.05, 3.63) is 53.3 Å². The minimum atomic E-state index is 0.208. The van der Waals surface area contributed by atoms with Crippen LogP contribution < -0.4 is 5.32 Å². The van der Waals surface area contributed by atoms with E-state index in [2.05, 4.69) is 57.4 Å². The van der Waals surface area contributed by atoms with Gasteiger partial charge in [0.2, 0.25) is 5.91 Å². The maximum atomic E-state index is 12.5. The molecule has 0 atom stereocenters. The predicted molar refractivity (Wildman–Crippen MR) is 121 cm³/mol. The minimum Gasteiger partial charge on any atom is -0.354 e. The lowest BCUT2D eigenvalue weighted by atomic mass is 9.87. The van der Waals surface area contributed by atoms with Gasteiger partial charge in [-0.2, -0.15) is 0 Å². The average Bonchev–Trinajstić information content (AvgIpc) is 3.10. The fraction of sp³-hybridized carbons (Fsp3) is 0.440. The lowest BCUT2D eigenvalue weighted by Crippen LogP contribution is -2.53. The number of hydrogen-bond donors (Lipinski definition) is 2. The highest BCUT2D eigenvalue weighted by molar-refractivity contribution is 5.91. The quantitative estimate of drug-likeness (QED) is 0.693. The molecule has 2 aliphatic rings. The van der Waals surface area contributed by atoms with Gasteiger partial charge in [0.1, 0.15) is 0 Å². The Morgan fingerprint density at radius 1 is 1.17 bits per heavy atom. The first-order valence-corrected chi connectivity index (χ1v) is 11.2. The van der Waals surface area contributed by atoms with Gasteiger partial charge in [0.05, 0.1) is 5.92 Å². The maximum absolute atomic E-state index is 12.5. The number of nitrogens with one attached hydrogen (secondary N) is 2. The Labute approximate surface area is 177 Å². The van der Waals surface area contributed by atoms with Crippen molar-refractivity contribution in [1.82, 2.24) is 20.2 Å². The van der Waals surface area contributed by atoms with E-state index in [1.165, 1.54) is 33.3 Å². The third kappa shape index (κ3) is 3.41. The number of piperidine rings is 1. The van der Waals surface area contributed by atoms with Gasteiger partial charge in [0.15, 0.2) is 0 Å². The zero-order chi connectivity index (χ0) is 20.7. The summed E-state index contributed by atoms with van der Waals surface area (Å²) < 4.78 is 0. The van der Waals surface area contributed by atoms with E-state index >= 15 is 0 Å². The van der Waals surface area contributed by atoms with Crippen molar-refractivity contribution in [2.45, 2.75) is 39.0 Å². The number of aromatic nitrogens is 2. The fourth-order valence-electron chi connectivity index (χ4n) is 4.99. The molecule has 30 heavy (non-hydrogen) atoms. The maximum Gasteiger partial charge on any atom is 0.228 e. The Kier molecular flexibility index (Phi) is 5.07. The molecule has 1 aromatic carbocycles. The van der Waals surface area contributed by atoms with Gasteiger partial charge in [0.25, 0.3) is 0 Å². The highest BCUT2D eigenvalue weighted by Gasteiger charge is 2.32. The van der Waals surface area contributed by atoms with Gasteiger partial charge in [-0.1, -0.05) is 13.0 Å². The second-order valence-corrected chi connectivity index (χ2v) is 8.78. The highest BCUT2D eigenvalue weighted by atomic mass is 16.2. The van der Waals surface area contributed by atoms with Crippen molar-refractivity contribution < 1.29 is 4.79 Å². The number of pyridine rings is 1. The van der Waals surface area contributed by atoms with Crippen LogP contribution in [0.4, 0.5) is 0 Å². The van der Waals surface area contributed by atoms with Crippen molar-refractivity contribution in [3.8, 4) is 11.3 Å². The molecule has 5 rings (SSSR count). The lowest BCUT2D eigenvalue weighted by molar-refractivity contribution is -0.138. The number of fused-ring (bicyclic) bond motifs is 1. The molecule has 2 aromatic heterocycles. The normalized spacial score (nSPS) is 18.0. The van der Waals surface area contributed by atoms with Crippen LogP contribution in [0.3, 0.4) is 0 Å². The summed E-state index contributed by atoms with van der Waals surface area (Å²) in [6.45, 7) is 7.73. The number of aromatic amines is 1. The molecule has 5 nitrogen and oxygen atoms in total. The Balaban J connectivity index is 1.39. The lowest BCUT2D eigenvalue weighted by Gasteiger charge is -2.37. The number of carbonyl (C=O) groups is 1.